The number of benzene rings is 2. The second kappa shape index (κ2) is 7.83. The van der Waals surface area contributed by atoms with Crippen molar-refractivity contribution >= 4 is 22.4 Å². The van der Waals surface area contributed by atoms with Crippen LogP contribution in [0.2, 0.25) is 0 Å². The molecule has 2 fully saturated rings. The lowest BCUT2D eigenvalue weighted by Gasteiger charge is -2.40. The summed E-state index contributed by atoms with van der Waals surface area (Å²) in [6.07, 6.45) is 7.84. The van der Waals surface area contributed by atoms with Gasteiger partial charge in [-0.1, -0.05) is 24.3 Å². The van der Waals surface area contributed by atoms with E-state index in [0.29, 0.717) is 30.6 Å². The number of hydrogen-bond donors (Lipinski definition) is 0. The monoisotopic (exact) mass is 400 g/mol. The maximum absolute atomic E-state index is 12.3. The zero-order chi connectivity index (χ0) is 20.5. The van der Waals surface area contributed by atoms with Crippen LogP contribution in [-0.2, 0) is 16.1 Å². The number of esters is 1. The Bertz CT molecular complexity index is 1090. The number of rotatable bonds is 5. The number of carbonyl (C=O) groups excluding carboxylic acids is 1. The van der Waals surface area contributed by atoms with Crippen LogP contribution in [0.25, 0.3) is 10.8 Å². The Morgan fingerprint density at radius 2 is 1.87 bits per heavy atom. The Morgan fingerprint density at radius 1 is 1.10 bits per heavy atom. The lowest BCUT2D eigenvalue weighted by Crippen LogP contribution is -2.46. The van der Waals surface area contributed by atoms with E-state index in [9.17, 15) is 10.1 Å². The van der Waals surface area contributed by atoms with Gasteiger partial charge in [-0.3, -0.25) is 9.48 Å². The van der Waals surface area contributed by atoms with Gasteiger partial charge in [0.2, 0.25) is 0 Å². The SMILES string of the molecule is N#Cc1ccc(N2[C@@H]3CC[C@H]2CC(OC(=O)CCn2cccn2)C3)c2ccccc12. The number of aryl methyl sites for hydroxylation is 1. The first-order valence-electron chi connectivity index (χ1n) is 10.6. The number of fused-ring (bicyclic) bond motifs is 3. The number of piperidine rings is 1. The minimum atomic E-state index is -0.146. The van der Waals surface area contributed by atoms with Crippen LogP contribution >= 0.6 is 0 Å². The summed E-state index contributed by atoms with van der Waals surface area (Å²) in [4.78, 5) is 14.8. The van der Waals surface area contributed by atoms with Crippen LogP contribution in [0.4, 0.5) is 5.69 Å². The number of hydrogen-bond acceptors (Lipinski definition) is 5. The third-order valence-corrected chi connectivity index (χ3v) is 6.39. The fourth-order valence-electron chi connectivity index (χ4n) is 5.11. The molecule has 3 heterocycles. The second-order valence-corrected chi connectivity index (χ2v) is 8.18. The third-order valence-electron chi connectivity index (χ3n) is 6.39. The Morgan fingerprint density at radius 3 is 2.57 bits per heavy atom. The van der Waals surface area contributed by atoms with Crippen molar-refractivity contribution in [1.29, 1.82) is 5.26 Å². The van der Waals surface area contributed by atoms with E-state index in [2.05, 4.69) is 28.2 Å². The van der Waals surface area contributed by atoms with Crippen molar-refractivity contribution in [3.05, 3.63) is 60.4 Å². The molecule has 1 aromatic heterocycles. The summed E-state index contributed by atoms with van der Waals surface area (Å²) in [6, 6.07) is 17.0. The summed E-state index contributed by atoms with van der Waals surface area (Å²) < 4.78 is 7.58. The van der Waals surface area contributed by atoms with Crippen LogP contribution in [0.3, 0.4) is 0 Å². The predicted molar refractivity (Wildman–Crippen MR) is 114 cm³/mol. The van der Waals surface area contributed by atoms with Crippen molar-refractivity contribution in [3.8, 4) is 6.07 Å². The van der Waals surface area contributed by atoms with E-state index in [0.717, 1.165) is 36.5 Å². The maximum atomic E-state index is 12.3. The summed E-state index contributed by atoms with van der Waals surface area (Å²) in [6.45, 7) is 0.550. The molecule has 2 saturated heterocycles. The first-order chi connectivity index (χ1) is 14.7. The van der Waals surface area contributed by atoms with Gasteiger partial charge >= 0.3 is 5.97 Å². The highest BCUT2D eigenvalue weighted by Gasteiger charge is 2.42. The largest absolute Gasteiger partial charge is 0.462 e. The van der Waals surface area contributed by atoms with Crippen molar-refractivity contribution in [1.82, 2.24) is 9.78 Å². The third kappa shape index (κ3) is 3.41. The van der Waals surface area contributed by atoms with Gasteiger partial charge in [0.15, 0.2) is 0 Å². The molecule has 6 heteroatoms. The summed E-state index contributed by atoms with van der Waals surface area (Å²) in [5, 5.41) is 15.7. The summed E-state index contributed by atoms with van der Waals surface area (Å²) in [5.41, 5.74) is 1.91. The molecule has 2 aromatic carbocycles. The molecule has 3 aromatic rings. The lowest BCUT2D eigenvalue weighted by molar-refractivity contribution is -0.150. The van der Waals surface area contributed by atoms with Gasteiger partial charge in [0.05, 0.1) is 24.6 Å². The quantitative estimate of drug-likeness (QED) is 0.605. The van der Waals surface area contributed by atoms with Gasteiger partial charge in [-0.2, -0.15) is 10.4 Å². The maximum Gasteiger partial charge on any atom is 0.307 e. The second-order valence-electron chi connectivity index (χ2n) is 8.18. The number of ether oxygens (including phenoxy) is 1. The Balaban J connectivity index is 1.30. The van der Waals surface area contributed by atoms with Crippen molar-refractivity contribution < 1.29 is 9.53 Å². The molecule has 0 spiro atoms. The fraction of sp³-hybridized carbons (Fsp3) is 0.375. The molecule has 0 saturated carbocycles. The van der Waals surface area contributed by atoms with Gasteiger partial charge < -0.3 is 9.64 Å². The van der Waals surface area contributed by atoms with Crippen molar-refractivity contribution in [2.45, 2.75) is 56.8 Å². The fourth-order valence-corrected chi connectivity index (χ4v) is 5.11. The zero-order valence-electron chi connectivity index (χ0n) is 16.8. The van der Waals surface area contributed by atoms with Crippen molar-refractivity contribution in [3.63, 3.8) is 0 Å². The van der Waals surface area contributed by atoms with E-state index in [-0.39, 0.29) is 12.1 Å². The highest BCUT2D eigenvalue weighted by molar-refractivity contribution is 5.98. The number of aromatic nitrogens is 2. The smallest absolute Gasteiger partial charge is 0.307 e. The van der Waals surface area contributed by atoms with Crippen LogP contribution in [0.5, 0.6) is 0 Å². The van der Waals surface area contributed by atoms with Gasteiger partial charge in [-0.05, 0) is 31.0 Å². The molecule has 2 aliphatic heterocycles. The number of carbonyl (C=O) groups is 1. The summed E-state index contributed by atoms with van der Waals surface area (Å²) in [7, 11) is 0. The molecule has 6 nitrogen and oxygen atoms in total. The summed E-state index contributed by atoms with van der Waals surface area (Å²) in [5.74, 6) is -0.146. The molecule has 0 N–H and O–H groups in total. The normalized spacial score (nSPS) is 22.8. The topological polar surface area (TPSA) is 71.2 Å². The van der Waals surface area contributed by atoms with Gasteiger partial charge in [0, 0.05) is 53.8 Å². The van der Waals surface area contributed by atoms with Crippen LogP contribution in [0.1, 0.15) is 37.7 Å². The standard InChI is InChI=1S/C24H24N4O2/c25-16-17-6-9-23(22-5-2-1-4-21(17)22)28-18-7-8-19(28)15-20(14-18)30-24(29)10-13-27-12-3-11-26-27/h1-6,9,11-12,18-20H,7-8,10,13-15H2/t18-,19+,20?. The van der Waals surface area contributed by atoms with Gasteiger partial charge in [-0.25, -0.2) is 0 Å². The van der Waals surface area contributed by atoms with Gasteiger partial charge in [0.1, 0.15) is 6.10 Å². The molecule has 0 aliphatic carbocycles. The van der Waals surface area contributed by atoms with Crippen LogP contribution < -0.4 is 4.90 Å². The number of nitrogens with zero attached hydrogens (tertiary/aromatic N) is 4. The van der Waals surface area contributed by atoms with Crippen LogP contribution in [-0.4, -0.2) is 33.9 Å². The average Bonchev–Trinajstić information content (AvgIpc) is 3.37. The molecule has 3 atom stereocenters. The Kier molecular flexibility index (Phi) is 4.88. The van der Waals surface area contributed by atoms with E-state index in [1.54, 1.807) is 10.9 Å². The lowest BCUT2D eigenvalue weighted by atomic mass is 9.96. The molecule has 0 radical (unpaired) electrons. The van der Waals surface area contributed by atoms with E-state index >= 15 is 0 Å². The number of nitriles is 1. The first-order valence-corrected chi connectivity index (χ1v) is 10.6. The van der Waals surface area contributed by atoms with E-state index in [1.165, 1.54) is 5.69 Å². The molecule has 152 valence electrons. The molecule has 0 amide bonds. The van der Waals surface area contributed by atoms with E-state index in [1.807, 2.05) is 36.5 Å². The van der Waals surface area contributed by atoms with Crippen LogP contribution in [0.15, 0.2) is 54.9 Å². The molecular weight excluding hydrogens is 376 g/mol. The van der Waals surface area contributed by atoms with Gasteiger partial charge in [-0.15, -0.1) is 0 Å². The highest BCUT2D eigenvalue weighted by atomic mass is 16.5. The average molecular weight is 400 g/mol. The molecule has 2 bridgehead atoms. The van der Waals surface area contributed by atoms with Crippen molar-refractivity contribution in [2.75, 3.05) is 4.90 Å². The highest BCUT2D eigenvalue weighted by Crippen LogP contribution is 2.43. The Labute approximate surface area is 175 Å². The zero-order valence-corrected chi connectivity index (χ0v) is 16.8. The Hall–Kier alpha value is -3.33. The summed E-state index contributed by atoms with van der Waals surface area (Å²) >= 11 is 0. The number of anilines is 1. The van der Waals surface area contributed by atoms with Crippen LogP contribution in [0, 0.1) is 11.3 Å². The predicted octanol–water partition coefficient (Wildman–Crippen LogP) is 4.04. The molecule has 2 aliphatic rings. The first kappa shape index (κ1) is 18.7. The minimum absolute atomic E-state index is 0.0199. The minimum Gasteiger partial charge on any atom is -0.462 e. The molecule has 30 heavy (non-hydrogen) atoms. The van der Waals surface area contributed by atoms with E-state index < -0.39 is 0 Å². The van der Waals surface area contributed by atoms with Gasteiger partial charge in [0.25, 0.3) is 0 Å². The van der Waals surface area contributed by atoms with Crippen molar-refractivity contribution in [2.24, 2.45) is 0 Å². The van der Waals surface area contributed by atoms with E-state index in [4.69, 9.17) is 4.74 Å². The molecule has 1 unspecified atom stereocenters. The molecular formula is C24H24N4O2. The molecule has 5 rings (SSSR count).